The van der Waals surface area contributed by atoms with E-state index < -0.39 is 0 Å². The molecule has 0 unspecified atom stereocenters. The predicted molar refractivity (Wildman–Crippen MR) is 61.6 cm³/mol. The van der Waals surface area contributed by atoms with Crippen LogP contribution < -0.4 is 0 Å². The summed E-state index contributed by atoms with van der Waals surface area (Å²) in [5, 5.41) is 0. The van der Waals surface area contributed by atoms with Gasteiger partial charge in [-0.3, -0.25) is 4.79 Å². The molecule has 2 nitrogen and oxygen atoms in total. The number of ether oxygens (including phenoxy) is 1. The van der Waals surface area contributed by atoms with Gasteiger partial charge < -0.3 is 4.74 Å². The number of carbonyl (C=O) groups excluding carboxylic acids is 1. The second kappa shape index (κ2) is 4.82. The second-order valence-corrected chi connectivity index (χ2v) is 4.95. The SMILES string of the molecule is CCC(=O)OC(C)(C)[C@H]1CC=C(C)CC1. The number of esters is 1. The highest BCUT2D eigenvalue weighted by molar-refractivity contribution is 5.69. The van der Waals surface area contributed by atoms with E-state index in [2.05, 4.69) is 13.0 Å². The Morgan fingerprint density at radius 1 is 1.60 bits per heavy atom. The molecule has 15 heavy (non-hydrogen) atoms. The van der Waals surface area contributed by atoms with Crippen LogP contribution in [0.1, 0.15) is 53.4 Å². The first-order valence-electron chi connectivity index (χ1n) is 5.83. The fourth-order valence-corrected chi connectivity index (χ4v) is 2.05. The molecule has 2 heteroatoms. The van der Waals surface area contributed by atoms with Gasteiger partial charge in [0.2, 0.25) is 0 Å². The summed E-state index contributed by atoms with van der Waals surface area (Å²) in [7, 11) is 0. The van der Waals surface area contributed by atoms with E-state index in [0.717, 1.165) is 19.3 Å². The van der Waals surface area contributed by atoms with Gasteiger partial charge in [-0.1, -0.05) is 18.6 Å². The molecule has 0 saturated carbocycles. The number of hydrogen-bond donors (Lipinski definition) is 0. The van der Waals surface area contributed by atoms with Crippen molar-refractivity contribution in [2.45, 2.75) is 59.0 Å². The lowest BCUT2D eigenvalue weighted by molar-refractivity contribution is -0.161. The first-order chi connectivity index (χ1) is 6.95. The molecule has 0 aromatic rings. The number of hydrogen-bond acceptors (Lipinski definition) is 2. The van der Waals surface area contributed by atoms with Crippen molar-refractivity contribution in [1.82, 2.24) is 0 Å². The molecule has 1 aliphatic rings. The summed E-state index contributed by atoms with van der Waals surface area (Å²) in [6, 6.07) is 0. The minimum Gasteiger partial charge on any atom is -0.459 e. The Labute approximate surface area is 92.7 Å². The number of rotatable bonds is 3. The van der Waals surface area contributed by atoms with Crippen LogP contribution in [-0.4, -0.2) is 11.6 Å². The van der Waals surface area contributed by atoms with Crippen LogP contribution in [0.4, 0.5) is 0 Å². The van der Waals surface area contributed by atoms with Gasteiger partial charge in [0.25, 0.3) is 0 Å². The monoisotopic (exact) mass is 210 g/mol. The zero-order chi connectivity index (χ0) is 11.5. The van der Waals surface area contributed by atoms with E-state index in [1.165, 1.54) is 5.57 Å². The molecule has 1 aliphatic carbocycles. The van der Waals surface area contributed by atoms with Crippen molar-refractivity contribution in [2.24, 2.45) is 5.92 Å². The van der Waals surface area contributed by atoms with Gasteiger partial charge in [-0.05, 0) is 40.0 Å². The molecule has 0 saturated heterocycles. The van der Waals surface area contributed by atoms with E-state index in [9.17, 15) is 4.79 Å². The van der Waals surface area contributed by atoms with Crippen LogP contribution in [0, 0.1) is 5.92 Å². The van der Waals surface area contributed by atoms with Crippen LogP contribution in [0.15, 0.2) is 11.6 Å². The maximum Gasteiger partial charge on any atom is 0.306 e. The molecule has 0 aromatic heterocycles. The van der Waals surface area contributed by atoms with Gasteiger partial charge >= 0.3 is 5.97 Å². The molecule has 0 heterocycles. The lowest BCUT2D eigenvalue weighted by Gasteiger charge is -2.35. The zero-order valence-corrected chi connectivity index (χ0v) is 10.3. The molecular weight excluding hydrogens is 188 g/mol. The van der Waals surface area contributed by atoms with Crippen molar-refractivity contribution in [2.75, 3.05) is 0 Å². The molecule has 0 radical (unpaired) electrons. The molecule has 0 fully saturated rings. The standard InChI is InChI=1S/C13H22O2/c1-5-12(14)15-13(3,4)11-8-6-10(2)7-9-11/h6,11H,5,7-9H2,1-4H3/t11-/m0/s1. The van der Waals surface area contributed by atoms with Crippen molar-refractivity contribution >= 4 is 5.97 Å². The highest BCUT2D eigenvalue weighted by Gasteiger charge is 2.33. The van der Waals surface area contributed by atoms with Crippen molar-refractivity contribution < 1.29 is 9.53 Å². The third kappa shape index (κ3) is 3.37. The second-order valence-electron chi connectivity index (χ2n) is 4.95. The summed E-state index contributed by atoms with van der Waals surface area (Å²) in [4.78, 5) is 11.3. The maximum atomic E-state index is 11.3. The average Bonchev–Trinajstić information content (AvgIpc) is 2.17. The van der Waals surface area contributed by atoms with Gasteiger partial charge in [-0.2, -0.15) is 0 Å². The first-order valence-corrected chi connectivity index (χ1v) is 5.83. The lowest BCUT2D eigenvalue weighted by Crippen LogP contribution is -2.37. The maximum absolute atomic E-state index is 11.3. The molecule has 0 amide bonds. The van der Waals surface area contributed by atoms with Gasteiger partial charge in [0, 0.05) is 12.3 Å². The van der Waals surface area contributed by atoms with Gasteiger partial charge in [-0.15, -0.1) is 0 Å². The summed E-state index contributed by atoms with van der Waals surface area (Å²) < 4.78 is 5.49. The Bertz CT molecular complexity index is 264. The fraction of sp³-hybridized carbons (Fsp3) is 0.769. The van der Waals surface area contributed by atoms with Gasteiger partial charge in [-0.25, -0.2) is 0 Å². The molecule has 0 aliphatic heterocycles. The molecule has 0 aromatic carbocycles. The predicted octanol–water partition coefficient (Wildman–Crippen LogP) is 3.46. The third-order valence-corrected chi connectivity index (χ3v) is 3.29. The molecule has 1 rings (SSSR count). The van der Waals surface area contributed by atoms with E-state index in [-0.39, 0.29) is 11.6 Å². The third-order valence-electron chi connectivity index (χ3n) is 3.29. The van der Waals surface area contributed by atoms with Crippen molar-refractivity contribution in [1.29, 1.82) is 0 Å². The zero-order valence-electron chi connectivity index (χ0n) is 10.3. The lowest BCUT2D eigenvalue weighted by atomic mass is 9.79. The van der Waals surface area contributed by atoms with Crippen LogP contribution in [0.3, 0.4) is 0 Å². The van der Waals surface area contributed by atoms with Crippen LogP contribution in [-0.2, 0) is 9.53 Å². The Hall–Kier alpha value is -0.790. The average molecular weight is 210 g/mol. The molecule has 0 bridgehead atoms. The quantitative estimate of drug-likeness (QED) is 0.526. The molecule has 0 spiro atoms. The highest BCUT2D eigenvalue weighted by Crippen LogP contribution is 2.34. The van der Waals surface area contributed by atoms with Crippen LogP contribution in [0.5, 0.6) is 0 Å². The normalized spacial score (nSPS) is 22.1. The Morgan fingerprint density at radius 3 is 2.73 bits per heavy atom. The Kier molecular flexibility index (Phi) is 3.95. The molecule has 1 atom stereocenters. The Balaban J connectivity index is 2.58. The number of allylic oxidation sites excluding steroid dienone is 2. The van der Waals surface area contributed by atoms with Crippen LogP contribution in [0.2, 0.25) is 0 Å². The number of carbonyl (C=O) groups is 1. The summed E-state index contributed by atoms with van der Waals surface area (Å²) in [5.74, 6) is 0.378. The van der Waals surface area contributed by atoms with E-state index in [4.69, 9.17) is 4.74 Å². The van der Waals surface area contributed by atoms with Crippen molar-refractivity contribution in [3.8, 4) is 0 Å². The smallest absolute Gasteiger partial charge is 0.306 e. The van der Waals surface area contributed by atoms with E-state index >= 15 is 0 Å². The van der Waals surface area contributed by atoms with E-state index in [1.807, 2.05) is 20.8 Å². The van der Waals surface area contributed by atoms with Crippen molar-refractivity contribution in [3.05, 3.63) is 11.6 Å². The highest BCUT2D eigenvalue weighted by atomic mass is 16.6. The largest absolute Gasteiger partial charge is 0.459 e. The summed E-state index contributed by atoms with van der Waals surface area (Å²) >= 11 is 0. The minimum atomic E-state index is -0.315. The summed E-state index contributed by atoms with van der Waals surface area (Å²) in [5.41, 5.74) is 1.15. The van der Waals surface area contributed by atoms with E-state index in [0.29, 0.717) is 12.3 Å². The summed E-state index contributed by atoms with van der Waals surface area (Å²) in [6.07, 6.45) is 6.04. The van der Waals surface area contributed by atoms with Gasteiger partial charge in [0.15, 0.2) is 0 Å². The van der Waals surface area contributed by atoms with Crippen LogP contribution in [0.25, 0.3) is 0 Å². The molecular formula is C13H22O2. The molecule has 0 N–H and O–H groups in total. The molecule has 86 valence electrons. The van der Waals surface area contributed by atoms with Crippen LogP contribution >= 0.6 is 0 Å². The summed E-state index contributed by atoms with van der Waals surface area (Å²) in [6.45, 7) is 8.06. The van der Waals surface area contributed by atoms with E-state index in [1.54, 1.807) is 0 Å². The topological polar surface area (TPSA) is 26.3 Å². The first kappa shape index (κ1) is 12.3. The minimum absolute atomic E-state index is 0.0914. The van der Waals surface area contributed by atoms with Gasteiger partial charge in [0.05, 0.1) is 0 Å². The fourth-order valence-electron chi connectivity index (χ4n) is 2.05. The van der Waals surface area contributed by atoms with Crippen molar-refractivity contribution in [3.63, 3.8) is 0 Å². The van der Waals surface area contributed by atoms with Gasteiger partial charge in [0.1, 0.15) is 5.60 Å². The Morgan fingerprint density at radius 2 is 2.27 bits per heavy atom.